The first-order valence-electron chi connectivity index (χ1n) is 6.53. The first kappa shape index (κ1) is 14.3. The van der Waals surface area contributed by atoms with Crippen molar-refractivity contribution >= 4 is 6.09 Å². The molecule has 2 atom stereocenters. The van der Waals surface area contributed by atoms with E-state index >= 15 is 0 Å². The van der Waals surface area contributed by atoms with Crippen LogP contribution in [0.15, 0.2) is 0 Å². The van der Waals surface area contributed by atoms with E-state index in [2.05, 4.69) is 17.1 Å². The molecule has 0 aromatic carbocycles. The van der Waals surface area contributed by atoms with Crippen LogP contribution >= 0.6 is 0 Å². The number of alkyl carbamates (subject to hydrolysis) is 1. The van der Waals surface area contributed by atoms with Crippen molar-refractivity contribution in [2.45, 2.75) is 65.1 Å². The summed E-state index contributed by atoms with van der Waals surface area (Å²) in [7, 11) is 0. The van der Waals surface area contributed by atoms with Gasteiger partial charge in [-0.3, -0.25) is 4.90 Å². The second kappa shape index (κ2) is 5.71. The normalized spacial score (nSPS) is 21.0. The van der Waals surface area contributed by atoms with Crippen LogP contribution in [0.25, 0.3) is 0 Å². The lowest BCUT2D eigenvalue weighted by molar-refractivity contribution is 0.0480. The Morgan fingerprint density at radius 1 is 1.24 bits per heavy atom. The van der Waals surface area contributed by atoms with E-state index in [-0.39, 0.29) is 12.1 Å². The van der Waals surface area contributed by atoms with Crippen molar-refractivity contribution in [2.24, 2.45) is 0 Å². The molecule has 1 heterocycles. The standard InChI is InChI=1S/C13H26N2O2/c1-10(11(2)15-8-6-7-9-15)14-12(16)17-13(3,4)5/h10-11H,6-9H2,1-5H3,(H,14,16)/t10-,11-/m0/s1. The van der Waals surface area contributed by atoms with Crippen molar-refractivity contribution in [3.05, 3.63) is 0 Å². The second-order valence-electron chi connectivity index (χ2n) is 5.92. The molecule has 0 aromatic rings. The second-order valence-corrected chi connectivity index (χ2v) is 5.92. The lowest BCUT2D eigenvalue weighted by atomic mass is 10.1. The Morgan fingerprint density at radius 3 is 2.24 bits per heavy atom. The highest BCUT2D eigenvalue weighted by Crippen LogP contribution is 2.14. The summed E-state index contributed by atoms with van der Waals surface area (Å²) in [5.74, 6) is 0. The van der Waals surface area contributed by atoms with Gasteiger partial charge in [-0.15, -0.1) is 0 Å². The van der Waals surface area contributed by atoms with Gasteiger partial charge in [-0.25, -0.2) is 4.79 Å². The third-order valence-electron chi connectivity index (χ3n) is 3.18. The summed E-state index contributed by atoms with van der Waals surface area (Å²) in [6.45, 7) is 12.1. The molecule has 4 heteroatoms. The van der Waals surface area contributed by atoms with Gasteiger partial charge < -0.3 is 10.1 Å². The molecule has 1 N–H and O–H groups in total. The monoisotopic (exact) mass is 242 g/mol. The Bertz CT molecular complexity index is 255. The number of hydrogen-bond acceptors (Lipinski definition) is 3. The van der Waals surface area contributed by atoms with Crippen molar-refractivity contribution in [3.63, 3.8) is 0 Å². The molecular weight excluding hydrogens is 216 g/mol. The van der Waals surface area contributed by atoms with Crippen LogP contribution in [0.4, 0.5) is 4.79 Å². The summed E-state index contributed by atoms with van der Waals surface area (Å²) >= 11 is 0. The number of nitrogens with one attached hydrogen (secondary N) is 1. The molecule has 4 nitrogen and oxygen atoms in total. The molecule has 0 aromatic heterocycles. The van der Waals surface area contributed by atoms with Crippen LogP contribution in [-0.4, -0.2) is 41.8 Å². The molecule has 1 aliphatic rings. The van der Waals surface area contributed by atoms with Gasteiger partial charge in [0.25, 0.3) is 0 Å². The number of likely N-dealkylation sites (tertiary alicyclic amines) is 1. The molecule has 100 valence electrons. The van der Waals surface area contributed by atoms with Gasteiger partial charge >= 0.3 is 6.09 Å². The van der Waals surface area contributed by atoms with Gasteiger partial charge in [0.1, 0.15) is 5.60 Å². The van der Waals surface area contributed by atoms with E-state index in [1.54, 1.807) is 0 Å². The number of hydrogen-bond donors (Lipinski definition) is 1. The molecule has 1 saturated heterocycles. The van der Waals surface area contributed by atoms with Gasteiger partial charge in [-0.2, -0.15) is 0 Å². The minimum atomic E-state index is -0.430. The number of carbonyl (C=O) groups excluding carboxylic acids is 1. The summed E-state index contributed by atoms with van der Waals surface area (Å²) in [6, 6.07) is 0.480. The Hall–Kier alpha value is -0.770. The number of amides is 1. The van der Waals surface area contributed by atoms with E-state index < -0.39 is 5.60 Å². The highest BCUT2D eigenvalue weighted by atomic mass is 16.6. The molecule has 0 radical (unpaired) electrons. The zero-order valence-electron chi connectivity index (χ0n) is 11.7. The lowest BCUT2D eigenvalue weighted by Crippen LogP contribution is -2.48. The topological polar surface area (TPSA) is 41.6 Å². The molecule has 1 aliphatic heterocycles. The minimum Gasteiger partial charge on any atom is -0.444 e. The fourth-order valence-electron chi connectivity index (χ4n) is 2.08. The first-order chi connectivity index (χ1) is 7.79. The number of rotatable bonds is 3. The highest BCUT2D eigenvalue weighted by Gasteiger charge is 2.25. The van der Waals surface area contributed by atoms with Crippen LogP contribution in [0.2, 0.25) is 0 Å². The Labute approximate surface area is 105 Å². The average molecular weight is 242 g/mol. The van der Waals surface area contributed by atoms with Gasteiger partial charge in [0.15, 0.2) is 0 Å². The van der Waals surface area contributed by atoms with Gasteiger partial charge in [-0.1, -0.05) is 0 Å². The summed E-state index contributed by atoms with van der Waals surface area (Å²) in [5.41, 5.74) is -0.430. The molecule has 0 bridgehead atoms. The third kappa shape index (κ3) is 4.94. The summed E-state index contributed by atoms with van der Waals surface area (Å²) in [4.78, 5) is 14.1. The quantitative estimate of drug-likeness (QED) is 0.826. The maximum absolute atomic E-state index is 11.6. The van der Waals surface area contributed by atoms with Crippen LogP contribution in [0.3, 0.4) is 0 Å². The summed E-state index contributed by atoms with van der Waals surface area (Å²) in [6.07, 6.45) is 2.21. The maximum Gasteiger partial charge on any atom is 0.407 e. The maximum atomic E-state index is 11.6. The SMILES string of the molecule is C[C@H](NC(=O)OC(C)(C)C)[C@H](C)N1CCCC1. The van der Waals surface area contributed by atoms with Crippen molar-refractivity contribution in [1.82, 2.24) is 10.2 Å². The summed E-state index contributed by atoms with van der Waals surface area (Å²) < 4.78 is 5.25. The zero-order chi connectivity index (χ0) is 13.1. The van der Waals surface area contributed by atoms with Gasteiger partial charge in [0.05, 0.1) is 0 Å². The fourth-order valence-corrected chi connectivity index (χ4v) is 2.08. The highest BCUT2D eigenvalue weighted by molar-refractivity contribution is 5.68. The summed E-state index contributed by atoms with van der Waals surface area (Å²) in [5, 5.41) is 2.91. The van der Waals surface area contributed by atoms with Crippen LogP contribution in [0, 0.1) is 0 Å². The van der Waals surface area contributed by atoms with Crippen molar-refractivity contribution in [2.75, 3.05) is 13.1 Å². The number of ether oxygens (including phenoxy) is 1. The predicted octanol–water partition coefficient (Wildman–Crippen LogP) is 2.38. The largest absolute Gasteiger partial charge is 0.444 e. The molecule has 0 saturated carbocycles. The van der Waals surface area contributed by atoms with Crippen molar-refractivity contribution in [1.29, 1.82) is 0 Å². The van der Waals surface area contributed by atoms with E-state index in [1.807, 2.05) is 27.7 Å². The molecule has 1 amide bonds. The van der Waals surface area contributed by atoms with Gasteiger partial charge in [0, 0.05) is 12.1 Å². The van der Waals surface area contributed by atoms with Gasteiger partial charge in [0.2, 0.25) is 0 Å². The predicted molar refractivity (Wildman–Crippen MR) is 69.1 cm³/mol. The molecule has 0 unspecified atom stereocenters. The number of nitrogens with zero attached hydrogens (tertiary/aromatic N) is 1. The van der Waals surface area contributed by atoms with Crippen molar-refractivity contribution in [3.8, 4) is 0 Å². The molecule has 17 heavy (non-hydrogen) atoms. The minimum absolute atomic E-state index is 0.114. The zero-order valence-corrected chi connectivity index (χ0v) is 11.7. The molecule has 1 fully saturated rings. The van der Waals surface area contributed by atoms with Crippen LogP contribution < -0.4 is 5.32 Å². The Kier molecular flexibility index (Phi) is 4.80. The van der Waals surface area contributed by atoms with E-state index in [0.717, 1.165) is 13.1 Å². The lowest BCUT2D eigenvalue weighted by Gasteiger charge is -2.30. The molecule has 0 spiro atoms. The Balaban J connectivity index is 2.37. The first-order valence-corrected chi connectivity index (χ1v) is 6.53. The fraction of sp³-hybridized carbons (Fsp3) is 0.923. The van der Waals surface area contributed by atoms with Crippen LogP contribution in [0.1, 0.15) is 47.5 Å². The van der Waals surface area contributed by atoms with E-state index in [9.17, 15) is 4.79 Å². The van der Waals surface area contributed by atoms with E-state index in [4.69, 9.17) is 4.74 Å². The average Bonchev–Trinajstić information content (AvgIpc) is 2.65. The number of carbonyl (C=O) groups is 1. The van der Waals surface area contributed by atoms with E-state index in [0.29, 0.717) is 6.04 Å². The third-order valence-corrected chi connectivity index (χ3v) is 3.18. The van der Waals surface area contributed by atoms with Crippen LogP contribution in [0.5, 0.6) is 0 Å². The molecule has 0 aliphatic carbocycles. The van der Waals surface area contributed by atoms with E-state index in [1.165, 1.54) is 12.8 Å². The van der Waals surface area contributed by atoms with Gasteiger partial charge in [-0.05, 0) is 60.5 Å². The van der Waals surface area contributed by atoms with Crippen molar-refractivity contribution < 1.29 is 9.53 Å². The molecular formula is C13H26N2O2. The molecule has 1 rings (SSSR count). The van der Waals surface area contributed by atoms with Crippen LogP contribution in [-0.2, 0) is 4.74 Å². The smallest absolute Gasteiger partial charge is 0.407 e. The Morgan fingerprint density at radius 2 is 1.76 bits per heavy atom.